The molecule has 0 fully saturated rings. The van der Waals surface area contributed by atoms with E-state index in [1.54, 1.807) is 6.92 Å². The largest absolute Gasteiger partial charge is 0.397 e. The topological polar surface area (TPSA) is 46.2 Å². The number of hydrogen-bond acceptors (Lipinski definition) is 2. The Hall–Kier alpha value is 0.200. The highest BCUT2D eigenvalue weighted by molar-refractivity contribution is 8.10. The molecule has 0 aliphatic rings. The van der Waals surface area contributed by atoms with Gasteiger partial charge in [0, 0.05) is 6.61 Å². The molecule has 0 aliphatic carbocycles. The molecule has 44 valence electrons. The van der Waals surface area contributed by atoms with E-state index in [0.29, 0.717) is 0 Å². The molecule has 2 nitrogen and oxygen atoms in total. The van der Waals surface area contributed by atoms with E-state index in [9.17, 15) is 0 Å². The van der Waals surface area contributed by atoms with Gasteiger partial charge in [-0.15, -0.1) is 12.6 Å². The van der Waals surface area contributed by atoms with Crippen LogP contribution in [0, 0.1) is 0 Å². The molecule has 0 aliphatic heterocycles. The Balaban J connectivity index is 0. The lowest BCUT2D eigenvalue weighted by atomic mass is 10.9. The average molecular weight is 139 g/mol. The maximum absolute atomic E-state index is 7.57. The van der Waals surface area contributed by atoms with Gasteiger partial charge in [0.25, 0.3) is 0 Å². The van der Waals surface area contributed by atoms with Crippen molar-refractivity contribution in [3.63, 3.8) is 0 Å². The zero-order valence-electron chi connectivity index (χ0n) is 4.09. The van der Waals surface area contributed by atoms with Crippen LogP contribution in [0.5, 0.6) is 0 Å². The molecule has 0 amide bonds. The number of thiocarbonyl (C=S) groups is 1. The second kappa shape index (κ2) is 9.50. The van der Waals surface area contributed by atoms with Gasteiger partial charge < -0.3 is 10.8 Å². The summed E-state index contributed by atoms with van der Waals surface area (Å²) >= 11 is 7.65. The summed E-state index contributed by atoms with van der Waals surface area (Å²) in [4.78, 5) is 0. The minimum absolute atomic E-state index is 0.194. The number of aliphatic hydroxyl groups excluding tert-OH is 1. The minimum Gasteiger partial charge on any atom is -0.397 e. The highest BCUT2D eigenvalue weighted by atomic mass is 32.1. The van der Waals surface area contributed by atoms with Crippen LogP contribution in [0.1, 0.15) is 6.92 Å². The van der Waals surface area contributed by atoms with Gasteiger partial charge in [-0.25, -0.2) is 0 Å². The molecule has 0 radical (unpaired) electrons. The molecule has 0 saturated heterocycles. The molecule has 7 heavy (non-hydrogen) atoms. The SMILES string of the molecule is CCO.NC(=S)S. The summed E-state index contributed by atoms with van der Waals surface area (Å²) in [7, 11) is 0. The molecule has 0 saturated carbocycles. The van der Waals surface area contributed by atoms with Gasteiger partial charge >= 0.3 is 0 Å². The number of nitrogens with two attached hydrogens (primary N) is 1. The lowest BCUT2D eigenvalue weighted by Crippen LogP contribution is -1.94. The van der Waals surface area contributed by atoms with Crippen LogP contribution in [-0.4, -0.2) is 16.0 Å². The van der Waals surface area contributed by atoms with Gasteiger partial charge in [-0.1, -0.05) is 12.2 Å². The van der Waals surface area contributed by atoms with Crippen LogP contribution in [0.15, 0.2) is 0 Å². The standard InChI is InChI=1S/C2H6O.CH3NS2/c1-2-3;2-1(3)4/h3H,2H2,1H3;(H3,2,3,4). The zero-order chi connectivity index (χ0) is 6.28. The van der Waals surface area contributed by atoms with Crippen LogP contribution >= 0.6 is 24.8 Å². The maximum Gasteiger partial charge on any atom is 0.128 e. The summed E-state index contributed by atoms with van der Waals surface area (Å²) in [5.74, 6) is 0. The van der Waals surface area contributed by atoms with Gasteiger partial charge in [-0.3, -0.25) is 0 Å². The molecule has 0 aromatic rings. The fraction of sp³-hybridized carbons (Fsp3) is 0.667. The van der Waals surface area contributed by atoms with Crippen LogP contribution in [0.3, 0.4) is 0 Å². The fourth-order valence-corrected chi connectivity index (χ4v) is 0. The summed E-state index contributed by atoms with van der Waals surface area (Å²) in [5, 5.41) is 7.57. The van der Waals surface area contributed by atoms with E-state index >= 15 is 0 Å². The summed E-state index contributed by atoms with van der Waals surface area (Å²) < 4.78 is 0.194. The third kappa shape index (κ3) is 2730. The van der Waals surface area contributed by atoms with Crippen molar-refractivity contribution in [1.29, 1.82) is 0 Å². The molecule has 4 heteroatoms. The highest BCUT2D eigenvalue weighted by Crippen LogP contribution is 1.63. The van der Waals surface area contributed by atoms with E-state index in [1.807, 2.05) is 0 Å². The quantitative estimate of drug-likeness (QED) is 0.331. The second-order valence-corrected chi connectivity index (χ2v) is 1.88. The predicted octanol–water partition coefficient (Wildman–Crippen LogP) is 0.158. The highest BCUT2D eigenvalue weighted by Gasteiger charge is 1.55. The van der Waals surface area contributed by atoms with E-state index in [4.69, 9.17) is 10.8 Å². The summed E-state index contributed by atoms with van der Waals surface area (Å²) in [5.41, 5.74) is 4.71. The third-order valence-electron chi connectivity index (χ3n) is 0. The predicted molar refractivity (Wildman–Crippen MR) is 38.5 cm³/mol. The van der Waals surface area contributed by atoms with Crippen molar-refractivity contribution < 1.29 is 5.11 Å². The van der Waals surface area contributed by atoms with Crippen molar-refractivity contribution in [1.82, 2.24) is 0 Å². The maximum atomic E-state index is 7.57. The smallest absolute Gasteiger partial charge is 0.128 e. The third-order valence-corrected chi connectivity index (χ3v) is 0. The first-order valence-electron chi connectivity index (χ1n) is 1.74. The van der Waals surface area contributed by atoms with E-state index in [1.165, 1.54) is 0 Å². The number of hydrogen-bond donors (Lipinski definition) is 3. The molecule has 0 spiro atoms. The van der Waals surface area contributed by atoms with Crippen LogP contribution in [0.4, 0.5) is 0 Å². The van der Waals surface area contributed by atoms with Crippen molar-refractivity contribution in [2.75, 3.05) is 6.61 Å². The van der Waals surface area contributed by atoms with Crippen LogP contribution in [0.25, 0.3) is 0 Å². The van der Waals surface area contributed by atoms with Gasteiger partial charge in [0.2, 0.25) is 0 Å². The molecule has 0 aromatic heterocycles. The average Bonchev–Trinajstić information content (AvgIpc) is 1.33. The Morgan fingerprint density at radius 3 is 2.00 bits per heavy atom. The van der Waals surface area contributed by atoms with Crippen molar-refractivity contribution in [2.24, 2.45) is 5.73 Å². The van der Waals surface area contributed by atoms with Crippen molar-refractivity contribution in [3.8, 4) is 0 Å². The van der Waals surface area contributed by atoms with Gasteiger partial charge in [0.05, 0.1) is 0 Å². The van der Waals surface area contributed by atoms with Crippen LogP contribution in [0.2, 0.25) is 0 Å². The molecule has 0 heterocycles. The van der Waals surface area contributed by atoms with Gasteiger partial charge in [0.15, 0.2) is 0 Å². The van der Waals surface area contributed by atoms with E-state index in [0.717, 1.165) is 0 Å². The first-order chi connectivity index (χ1) is 3.15. The Kier molecular flexibility index (Phi) is 13.9. The van der Waals surface area contributed by atoms with Gasteiger partial charge in [-0.05, 0) is 6.92 Å². The Bertz CT molecular complexity index is 44.2. The van der Waals surface area contributed by atoms with E-state index in [2.05, 4.69) is 24.8 Å². The molecule has 0 atom stereocenters. The number of thiol groups is 1. The molecular weight excluding hydrogens is 130 g/mol. The Morgan fingerprint density at radius 2 is 2.00 bits per heavy atom. The van der Waals surface area contributed by atoms with E-state index < -0.39 is 0 Å². The minimum atomic E-state index is 0.194. The summed E-state index contributed by atoms with van der Waals surface area (Å²) in [6.45, 7) is 1.93. The summed E-state index contributed by atoms with van der Waals surface area (Å²) in [6, 6.07) is 0. The van der Waals surface area contributed by atoms with Crippen LogP contribution in [-0.2, 0) is 0 Å². The van der Waals surface area contributed by atoms with E-state index in [-0.39, 0.29) is 10.9 Å². The first kappa shape index (κ1) is 10.2. The normalized spacial score (nSPS) is 6.14. The lowest BCUT2D eigenvalue weighted by Gasteiger charge is -1.64. The lowest BCUT2D eigenvalue weighted by molar-refractivity contribution is 0.318. The number of rotatable bonds is 0. The molecule has 0 aromatic carbocycles. The fourth-order valence-electron chi connectivity index (χ4n) is 0. The molecule has 0 unspecified atom stereocenters. The molecule has 0 rings (SSSR count). The second-order valence-electron chi connectivity index (χ2n) is 0.654. The molecule has 0 bridgehead atoms. The zero-order valence-corrected chi connectivity index (χ0v) is 5.80. The van der Waals surface area contributed by atoms with Gasteiger partial charge in [-0.2, -0.15) is 0 Å². The number of aliphatic hydroxyl groups is 1. The first-order valence-corrected chi connectivity index (χ1v) is 2.60. The van der Waals surface area contributed by atoms with Crippen LogP contribution < -0.4 is 5.73 Å². The Morgan fingerprint density at radius 1 is 2.00 bits per heavy atom. The van der Waals surface area contributed by atoms with Gasteiger partial charge in [0.1, 0.15) is 4.32 Å². The van der Waals surface area contributed by atoms with Crippen molar-refractivity contribution in [3.05, 3.63) is 0 Å². The summed E-state index contributed by atoms with van der Waals surface area (Å²) in [6.07, 6.45) is 0. The molecule has 3 N–H and O–H groups in total. The monoisotopic (exact) mass is 139 g/mol. The molecular formula is C3H9NOS2. The van der Waals surface area contributed by atoms with Crippen molar-refractivity contribution >= 4 is 29.2 Å². The van der Waals surface area contributed by atoms with Crippen molar-refractivity contribution in [2.45, 2.75) is 6.92 Å². The Labute approximate surface area is 54.1 Å².